The minimum atomic E-state index is 0.456. The van der Waals surface area contributed by atoms with Crippen molar-refractivity contribution < 1.29 is 9.22 Å². The van der Waals surface area contributed by atoms with Crippen LogP contribution < -0.4 is 4.74 Å². The Bertz CT molecular complexity index is 583. The van der Waals surface area contributed by atoms with Crippen molar-refractivity contribution in [3.05, 3.63) is 29.3 Å². The summed E-state index contributed by atoms with van der Waals surface area (Å²) in [5.41, 5.74) is 3.72. The van der Waals surface area contributed by atoms with E-state index in [1.54, 1.807) is 18.2 Å². The number of fused-ring (bicyclic) bond motifs is 1. The number of hydrogen-bond donors (Lipinski definition) is 0. The highest BCUT2D eigenvalue weighted by atomic mass is 16.5. The van der Waals surface area contributed by atoms with Crippen LogP contribution in [0.15, 0.2) is 18.2 Å². The molecule has 22 heavy (non-hydrogen) atoms. The molecule has 1 aromatic rings. The summed E-state index contributed by atoms with van der Waals surface area (Å²) in [4.78, 5) is 0. The molecule has 4 atom stereocenters. The topological polar surface area (TPSA) is 9.23 Å². The van der Waals surface area contributed by atoms with Gasteiger partial charge in [0.1, 0.15) is 5.75 Å². The van der Waals surface area contributed by atoms with Crippen LogP contribution in [0.1, 0.15) is 50.2 Å². The van der Waals surface area contributed by atoms with Crippen molar-refractivity contribution in [3.63, 3.8) is 0 Å². The Kier molecular flexibility index (Phi) is 3.30. The van der Waals surface area contributed by atoms with Crippen molar-refractivity contribution in [1.82, 2.24) is 0 Å². The number of methoxy groups -OCH3 is 1. The molecule has 2 aliphatic carbocycles. The summed E-state index contributed by atoms with van der Waals surface area (Å²) in [5, 5.41) is 0. The zero-order valence-electron chi connectivity index (χ0n) is 14.4. The van der Waals surface area contributed by atoms with Crippen LogP contribution in [-0.2, 0) is 11.8 Å². The molecule has 3 aliphatic rings. The summed E-state index contributed by atoms with van der Waals surface area (Å²) in [7, 11) is 4.31. The Balaban J connectivity index is 1.87. The maximum absolute atomic E-state index is 5.55. The van der Waals surface area contributed by atoms with E-state index < -0.39 is 0 Å². The molecule has 2 nitrogen and oxygen atoms in total. The first kappa shape index (κ1) is 14.6. The van der Waals surface area contributed by atoms with Crippen LogP contribution in [0.4, 0.5) is 0 Å². The largest absolute Gasteiger partial charge is 0.497 e. The second-order valence-electron chi connectivity index (χ2n) is 8.07. The molecule has 1 unspecified atom stereocenters. The number of hydrogen-bond acceptors (Lipinski definition) is 1. The van der Waals surface area contributed by atoms with Gasteiger partial charge in [0.05, 0.1) is 33.3 Å². The minimum absolute atomic E-state index is 0.456. The third-order valence-corrected chi connectivity index (χ3v) is 7.44. The van der Waals surface area contributed by atoms with Crippen molar-refractivity contribution >= 4 is 0 Å². The van der Waals surface area contributed by atoms with Gasteiger partial charge in [-0.05, 0) is 43.0 Å². The molecular weight excluding hydrogens is 270 g/mol. The molecular formula is C20H30NO+. The molecule has 4 rings (SSSR count). The maximum Gasteiger partial charge on any atom is 0.119 e. The second-order valence-corrected chi connectivity index (χ2v) is 8.07. The molecule has 1 saturated carbocycles. The average Bonchev–Trinajstić information content (AvgIpc) is 2.58. The number of likely N-dealkylation sites (N-methyl/N-ethyl adjacent to an activating group) is 1. The fourth-order valence-electron chi connectivity index (χ4n) is 5.97. The van der Waals surface area contributed by atoms with Crippen molar-refractivity contribution in [2.24, 2.45) is 5.92 Å². The van der Waals surface area contributed by atoms with Gasteiger partial charge in [-0.25, -0.2) is 0 Å². The number of likely N-dealkylation sites (tertiary alicyclic amines) is 1. The Labute approximate surface area is 135 Å². The zero-order chi connectivity index (χ0) is 15.4. The second kappa shape index (κ2) is 4.99. The molecule has 0 N–H and O–H groups in total. The molecule has 1 aliphatic heterocycles. The molecule has 0 amide bonds. The first-order valence-electron chi connectivity index (χ1n) is 9.14. The lowest BCUT2D eigenvalue weighted by atomic mass is 9.52. The van der Waals surface area contributed by atoms with E-state index in [1.165, 1.54) is 56.1 Å². The monoisotopic (exact) mass is 300 g/mol. The van der Waals surface area contributed by atoms with E-state index in [2.05, 4.69) is 32.2 Å². The summed E-state index contributed by atoms with van der Waals surface area (Å²) >= 11 is 0. The summed E-state index contributed by atoms with van der Waals surface area (Å²) in [6.45, 7) is 5.02. The maximum atomic E-state index is 5.55. The fourth-order valence-corrected chi connectivity index (χ4v) is 5.97. The van der Waals surface area contributed by atoms with Crippen LogP contribution in [0.25, 0.3) is 0 Å². The van der Waals surface area contributed by atoms with Gasteiger partial charge in [-0.2, -0.15) is 0 Å². The van der Waals surface area contributed by atoms with Crippen LogP contribution in [0.5, 0.6) is 5.75 Å². The lowest BCUT2D eigenvalue weighted by molar-refractivity contribution is -0.943. The SMILES string of the molecule is CC[N+]1(C)CC[C@@]23CCCC[C@@H]2[C@@H]1Cc1ccc(OC)cc13. The van der Waals surface area contributed by atoms with Gasteiger partial charge in [0.2, 0.25) is 0 Å². The van der Waals surface area contributed by atoms with Gasteiger partial charge >= 0.3 is 0 Å². The van der Waals surface area contributed by atoms with Crippen molar-refractivity contribution in [2.75, 3.05) is 27.2 Å². The standard InChI is InChI=1S/C20H30NO/c1-4-21(2)12-11-20-10-6-5-7-17(20)19(21)13-15-8-9-16(22-3)14-18(15)20/h8-9,14,17,19H,4-7,10-13H2,1-3H3/q+1/t17-,19+,20+,21?/m1/s1. The summed E-state index contributed by atoms with van der Waals surface area (Å²) in [5.74, 6) is 1.94. The Hall–Kier alpha value is -1.02. The van der Waals surface area contributed by atoms with Gasteiger partial charge in [-0.3, -0.25) is 0 Å². The molecule has 0 spiro atoms. The highest BCUT2D eigenvalue weighted by molar-refractivity contribution is 5.45. The van der Waals surface area contributed by atoms with Gasteiger partial charge < -0.3 is 9.22 Å². The third kappa shape index (κ3) is 1.83. The van der Waals surface area contributed by atoms with Crippen molar-refractivity contribution in [2.45, 2.75) is 56.9 Å². The molecule has 0 aromatic heterocycles. The van der Waals surface area contributed by atoms with Crippen LogP contribution in [0.3, 0.4) is 0 Å². The molecule has 0 radical (unpaired) electrons. The first-order chi connectivity index (χ1) is 10.6. The van der Waals surface area contributed by atoms with E-state index in [1.807, 2.05) is 0 Å². The van der Waals surface area contributed by atoms with Gasteiger partial charge in [0.15, 0.2) is 0 Å². The van der Waals surface area contributed by atoms with E-state index in [9.17, 15) is 0 Å². The predicted molar refractivity (Wildman–Crippen MR) is 90.3 cm³/mol. The van der Waals surface area contributed by atoms with Crippen molar-refractivity contribution in [3.8, 4) is 5.75 Å². The number of benzene rings is 1. The number of quaternary nitrogens is 1. The van der Waals surface area contributed by atoms with Gasteiger partial charge in [-0.15, -0.1) is 0 Å². The zero-order valence-corrected chi connectivity index (χ0v) is 14.4. The summed E-state index contributed by atoms with van der Waals surface area (Å²) in [6, 6.07) is 7.75. The number of nitrogens with zero attached hydrogens (tertiary/aromatic N) is 1. The van der Waals surface area contributed by atoms with E-state index in [0.717, 1.165) is 17.7 Å². The first-order valence-corrected chi connectivity index (χ1v) is 9.14. The molecule has 2 bridgehead atoms. The van der Waals surface area contributed by atoms with Crippen molar-refractivity contribution in [1.29, 1.82) is 0 Å². The third-order valence-electron chi connectivity index (χ3n) is 7.44. The molecule has 1 saturated heterocycles. The molecule has 1 aromatic carbocycles. The van der Waals surface area contributed by atoms with E-state index in [-0.39, 0.29) is 0 Å². The number of ether oxygens (including phenoxy) is 1. The lowest BCUT2D eigenvalue weighted by Crippen LogP contribution is -2.68. The highest BCUT2D eigenvalue weighted by Crippen LogP contribution is 2.57. The van der Waals surface area contributed by atoms with Crippen LogP contribution in [0, 0.1) is 5.92 Å². The van der Waals surface area contributed by atoms with E-state index in [0.29, 0.717) is 5.41 Å². The summed E-state index contributed by atoms with van der Waals surface area (Å²) in [6.07, 6.45) is 8.34. The van der Waals surface area contributed by atoms with E-state index in [4.69, 9.17) is 4.74 Å². The molecule has 120 valence electrons. The predicted octanol–water partition coefficient (Wildman–Crippen LogP) is 3.92. The number of piperidine rings is 1. The van der Waals surface area contributed by atoms with Gasteiger partial charge in [-0.1, -0.05) is 18.9 Å². The summed E-state index contributed by atoms with van der Waals surface area (Å²) < 4.78 is 6.84. The highest BCUT2D eigenvalue weighted by Gasteiger charge is 2.58. The number of rotatable bonds is 2. The fraction of sp³-hybridized carbons (Fsp3) is 0.700. The average molecular weight is 300 g/mol. The molecule has 2 heteroatoms. The van der Waals surface area contributed by atoms with Crippen LogP contribution in [-0.4, -0.2) is 37.8 Å². The Morgan fingerprint density at radius 1 is 1.27 bits per heavy atom. The Morgan fingerprint density at radius 2 is 2.14 bits per heavy atom. The van der Waals surface area contributed by atoms with Crippen LogP contribution in [0.2, 0.25) is 0 Å². The van der Waals surface area contributed by atoms with Gasteiger partial charge in [0, 0.05) is 24.2 Å². The lowest BCUT2D eigenvalue weighted by Gasteiger charge is -2.61. The van der Waals surface area contributed by atoms with E-state index >= 15 is 0 Å². The normalized spacial score (nSPS) is 39.8. The van der Waals surface area contributed by atoms with Gasteiger partial charge in [0.25, 0.3) is 0 Å². The van der Waals surface area contributed by atoms with Crippen LogP contribution >= 0.6 is 0 Å². The quantitative estimate of drug-likeness (QED) is 0.752. The molecule has 2 fully saturated rings. The molecule has 1 heterocycles. The minimum Gasteiger partial charge on any atom is -0.497 e. The smallest absolute Gasteiger partial charge is 0.119 e. The Morgan fingerprint density at radius 3 is 2.91 bits per heavy atom.